The highest BCUT2D eigenvalue weighted by molar-refractivity contribution is 5.95. The van der Waals surface area contributed by atoms with Gasteiger partial charge < -0.3 is 4.74 Å². The highest BCUT2D eigenvalue weighted by atomic mass is 16.5. The third kappa shape index (κ3) is 3.20. The van der Waals surface area contributed by atoms with Gasteiger partial charge in [-0.1, -0.05) is 24.3 Å². The van der Waals surface area contributed by atoms with Gasteiger partial charge in [0.25, 0.3) is 0 Å². The number of aryl methyl sites for hydroxylation is 1. The predicted octanol–water partition coefficient (Wildman–Crippen LogP) is 1.99. The van der Waals surface area contributed by atoms with E-state index in [-0.39, 0.29) is 11.8 Å². The fourth-order valence-electron chi connectivity index (χ4n) is 1.42. The van der Waals surface area contributed by atoms with E-state index in [2.05, 4.69) is 4.74 Å². The molecule has 0 atom stereocenters. The molecular weight excluding hydrogens is 192 g/mol. The normalized spacial score (nSPS) is 9.73. The standard InChI is InChI=1S/C12H14O3/c1-9(13)11-6-4-3-5-10(11)7-8-12(14)15-2/h3-6H,7-8H2,1-2H3. The largest absolute Gasteiger partial charge is 0.469 e. The molecule has 0 saturated heterocycles. The quantitative estimate of drug-likeness (QED) is 0.559. The molecule has 3 heteroatoms. The van der Waals surface area contributed by atoms with Crippen LogP contribution in [0.25, 0.3) is 0 Å². The molecule has 80 valence electrons. The SMILES string of the molecule is COC(=O)CCc1ccccc1C(C)=O. The summed E-state index contributed by atoms with van der Waals surface area (Å²) in [6, 6.07) is 7.31. The Bertz CT molecular complexity index is 369. The molecule has 0 heterocycles. The number of benzene rings is 1. The average Bonchev–Trinajstić information content (AvgIpc) is 2.26. The van der Waals surface area contributed by atoms with Crippen LogP contribution in [0.5, 0.6) is 0 Å². The zero-order valence-electron chi connectivity index (χ0n) is 8.95. The van der Waals surface area contributed by atoms with Crippen molar-refractivity contribution in [3.05, 3.63) is 35.4 Å². The average molecular weight is 206 g/mol. The van der Waals surface area contributed by atoms with Crippen LogP contribution in [0.15, 0.2) is 24.3 Å². The molecule has 15 heavy (non-hydrogen) atoms. The van der Waals surface area contributed by atoms with Gasteiger partial charge in [0.1, 0.15) is 0 Å². The highest BCUT2D eigenvalue weighted by Crippen LogP contribution is 2.11. The van der Waals surface area contributed by atoms with Crippen LogP contribution >= 0.6 is 0 Å². The minimum atomic E-state index is -0.256. The topological polar surface area (TPSA) is 43.4 Å². The van der Waals surface area contributed by atoms with E-state index in [1.165, 1.54) is 14.0 Å². The van der Waals surface area contributed by atoms with Crippen LogP contribution in [0.3, 0.4) is 0 Å². The predicted molar refractivity (Wildman–Crippen MR) is 56.8 cm³/mol. The van der Waals surface area contributed by atoms with Crippen molar-refractivity contribution in [3.63, 3.8) is 0 Å². The van der Waals surface area contributed by atoms with Crippen molar-refractivity contribution in [1.29, 1.82) is 0 Å². The van der Waals surface area contributed by atoms with E-state index >= 15 is 0 Å². The van der Waals surface area contributed by atoms with Crippen LogP contribution in [0.2, 0.25) is 0 Å². The minimum Gasteiger partial charge on any atom is -0.469 e. The third-order valence-electron chi connectivity index (χ3n) is 2.22. The molecule has 0 radical (unpaired) electrons. The Morgan fingerprint density at radius 1 is 1.27 bits per heavy atom. The van der Waals surface area contributed by atoms with E-state index in [0.717, 1.165) is 5.56 Å². The van der Waals surface area contributed by atoms with Gasteiger partial charge in [-0.2, -0.15) is 0 Å². The molecule has 0 fully saturated rings. The van der Waals surface area contributed by atoms with E-state index in [1.807, 2.05) is 18.2 Å². The Morgan fingerprint density at radius 2 is 1.93 bits per heavy atom. The number of rotatable bonds is 4. The van der Waals surface area contributed by atoms with Gasteiger partial charge in [0.05, 0.1) is 7.11 Å². The lowest BCUT2D eigenvalue weighted by molar-refractivity contribution is -0.140. The summed E-state index contributed by atoms with van der Waals surface area (Å²) in [5.74, 6) is -0.233. The first kappa shape index (κ1) is 11.4. The number of hydrogen-bond donors (Lipinski definition) is 0. The summed E-state index contributed by atoms with van der Waals surface area (Å²) in [6.07, 6.45) is 0.850. The second kappa shape index (κ2) is 5.29. The maximum absolute atomic E-state index is 11.3. The van der Waals surface area contributed by atoms with Crippen LogP contribution in [0, 0.1) is 0 Å². The van der Waals surface area contributed by atoms with E-state index < -0.39 is 0 Å². The summed E-state index contributed by atoms with van der Waals surface area (Å²) in [6.45, 7) is 1.52. The van der Waals surface area contributed by atoms with Crippen molar-refractivity contribution in [1.82, 2.24) is 0 Å². The molecule has 0 unspecified atom stereocenters. The smallest absolute Gasteiger partial charge is 0.305 e. The fraction of sp³-hybridized carbons (Fsp3) is 0.333. The van der Waals surface area contributed by atoms with Gasteiger partial charge in [-0.25, -0.2) is 0 Å². The zero-order chi connectivity index (χ0) is 11.3. The van der Waals surface area contributed by atoms with Gasteiger partial charge in [-0.3, -0.25) is 9.59 Å². The van der Waals surface area contributed by atoms with Gasteiger partial charge in [-0.05, 0) is 18.9 Å². The molecule has 0 bridgehead atoms. The number of carbonyl (C=O) groups excluding carboxylic acids is 2. The molecule has 0 N–H and O–H groups in total. The Kier molecular flexibility index (Phi) is 4.03. The highest BCUT2D eigenvalue weighted by Gasteiger charge is 2.08. The van der Waals surface area contributed by atoms with E-state index in [4.69, 9.17) is 0 Å². The molecule has 3 nitrogen and oxygen atoms in total. The Hall–Kier alpha value is -1.64. The molecule has 1 rings (SSSR count). The first-order valence-electron chi connectivity index (χ1n) is 4.81. The minimum absolute atomic E-state index is 0.0236. The van der Waals surface area contributed by atoms with E-state index in [1.54, 1.807) is 6.07 Å². The Morgan fingerprint density at radius 3 is 2.53 bits per heavy atom. The first-order valence-corrected chi connectivity index (χ1v) is 4.81. The maximum Gasteiger partial charge on any atom is 0.305 e. The number of esters is 1. The molecule has 0 amide bonds. The van der Waals surface area contributed by atoms with E-state index in [0.29, 0.717) is 18.4 Å². The van der Waals surface area contributed by atoms with Crippen molar-refractivity contribution < 1.29 is 14.3 Å². The number of methoxy groups -OCH3 is 1. The summed E-state index contributed by atoms with van der Waals surface area (Å²) < 4.78 is 4.55. The molecule has 0 aliphatic rings. The molecule has 1 aromatic rings. The number of ether oxygens (including phenoxy) is 1. The Labute approximate surface area is 89.1 Å². The van der Waals surface area contributed by atoms with Crippen molar-refractivity contribution in [3.8, 4) is 0 Å². The van der Waals surface area contributed by atoms with Gasteiger partial charge in [0.15, 0.2) is 5.78 Å². The van der Waals surface area contributed by atoms with Gasteiger partial charge in [-0.15, -0.1) is 0 Å². The molecule has 0 aromatic heterocycles. The summed E-state index contributed by atoms with van der Waals surface area (Å²) >= 11 is 0. The molecule has 0 aliphatic carbocycles. The van der Waals surface area contributed by atoms with Gasteiger partial charge in [0, 0.05) is 12.0 Å². The molecule has 0 spiro atoms. The van der Waals surface area contributed by atoms with Crippen LogP contribution in [-0.2, 0) is 16.0 Å². The third-order valence-corrected chi connectivity index (χ3v) is 2.22. The lowest BCUT2D eigenvalue weighted by Crippen LogP contribution is -2.05. The molecular formula is C12H14O3. The van der Waals surface area contributed by atoms with Crippen LogP contribution in [-0.4, -0.2) is 18.9 Å². The van der Waals surface area contributed by atoms with Crippen LogP contribution in [0.1, 0.15) is 29.3 Å². The second-order valence-corrected chi connectivity index (χ2v) is 3.29. The second-order valence-electron chi connectivity index (χ2n) is 3.29. The summed E-state index contributed by atoms with van der Waals surface area (Å²) in [4.78, 5) is 22.2. The summed E-state index contributed by atoms with van der Waals surface area (Å²) in [5.41, 5.74) is 1.58. The van der Waals surface area contributed by atoms with Crippen molar-refractivity contribution in [2.45, 2.75) is 19.8 Å². The zero-order valence-corrected chi connectivity index (χ0v) is 8.95. The van der Waals surface area contributed by atoms with Crippen molar-refractivity contribution in [2.24, 2.45) is 0 Å². The lowest BCUT2D eigenvalue weighted by atomic mass is 10.0. The van der Waals surface area contributed by atoms with Gasteiger partial charge >= 0.3 is 5.97 Å². The molecule has 0 aliphatic heterocycles. The fourth-order valence-corrected chi connectivity index (χ4v) is 1.42. The molecule has 0 saturated carbocycles. The van der Waals surface area contributed by atoms with Crippen molar-refractivity contribution >= 4 is 11.8 Å². The summed E-state index contributed by atoms with van der Waals surface area (Å²) in [5, 5.41) is 0. The Balaban J connectivity index is 2.76. The monoisotopic (exact) mass is 206 g/mol. The van der Waals surface area contributed by atoms with Crippen molar-refractivity contribution in [2.75, 3.05) is 7.11 Å². The summed E-state index contributed by atoms with van der Waals surface area (Å²) in [7, 11) is 1.36. The molecule has 1 aromatic carbocycles. The van der Waals surface area contributed by atoms with Crippen LogP contribution < -0.4 is 0 Å². The number of Topliss-reactive ketones (excluding diaryl/α,β-unsaturated/α-hetero) is 1. The number of hydrogen-bond acceptors (Lipinski definition) is 3. The lowest BCUT2D eigenvalue weighted by Gasteiger charge is -2.05. The van der Waals surface area contributed by atoms with Crippen LogP contribution in [0.4, 0.5) is 0 Å². The van der Waals surface area contributed by atoms with E-state index in [9.17, 15) is 9.59 Å². The van der Waals surface area contributed by atoms with Gasteiger partial charge in [0.2, 0.25) is 0 Å². The maximum atomic E-state index is 11.3. The number of ketones is 1. The number of carbonyl (C=O) groups is 2. The first-order chi connectivity index (χ1) is 7.15.